The highest BCUT2D eigenvalue weighted by Crippen LogP contribution is 2.55. The first kappa shape index (κ1) is 10.5. The van der Waals surface area contributed by atoms with Crippen molar-refractivity contribution < 1.29 is 0 Å². The van der Waals surface area contributed by atoms with E-state index in [1.165, 1.54) is 38.5 Å². The van der Waals surface area contributed by atoms with Crippen molar-refractivity contribution >= 4 is 0 Å². The highest BCUT2D eigenvalue weighted by molar-refractivity contribution is 4.94. The first-order chi connectivity index (χ1) is 6.52. The Labute approximate surface area is 89.5 Å². The van der Waals surface area contributed by atoms with E-state index in [2.05, 4.69) is 20.8 Å². The van der Waals surface area contributed by atoms with Crippen LogP contribution >= 0.6 is 0 Å². The lowest BCUT2D eigenvalue weighted by atomic mass is 9.70. The van der Waals surface area contributed by atoms with Crippen LogP contribution in [0.3, 0.4) is 0 Å². The summed E-state index contributed by atoms with van der Waals surface area (Å²) < 4.78 is 0. The Morgan fingerprint density at radius 1 is 0.929 bits per heavy atom. The Bertz CT molecular complexity index is 191. The van der Waals surface area contributed by atoms with Crippen molar-refractivity contribution in [1.82, 2.24) is 0 Å². The third-order valence-electron chi connectivity index (χ3n) is 4.84. The molecule has 1 atom stereocenters. The van der Waals surface area contributed by atoms with Gasteiger partial charge in [0.15, 0.2) is 0 Å². The zero-order valence-electron chi connectivity index (χ0n) is 10.2. The van der Waals surface area contributed by atoms with Gasteiger partial charge in [0.25, 0.3) is 0 Å². The Hall–Kier alpha value is 0. The molecule has 0 aromatic rings. The second kappa shape index (κ2) is 3.54. The van der Waals surface area contributed by atoms with E-state index in [0.29, 0.717) is 5.41 Å². The molecule has 0 radical (unpaired) electrons. The summed E-state index contributed by atoms with van der Waals surface area (Å²) in [5.41, 5.74) is 1.36. The van der Waals surface area contributed by atoms with E-state index in [4.69, 9.17) is 0 Å². The molecule has 2 saturated carbocycles. The van der Waals surface area contributed by atoms with Gasteiger partial charge in [0.05, 0.1) is 0 Å². The minimum Gasteiger partial charge on any atom is -0.0599 e. The Kier molecular flexibility index (Phi) is 2.66. The average Bonchev–Trinajstić information content (AvgIpc) is 2.50. The topological polar surface area (TPSA) is 0 Å². The molecule has 2 aliphatic carbocycles. The molecule has 1 spiro atoms. The van der Waals surface area contributed by atoms with Gasteiger partial charge in [-0.05, 0) is 48.9 Å². The molecule has 0 bridgehead atoms. The Balaban J connectivity index is 1.99. The second-order valence-electron chi connectivity index (χ2n) is 6.87. The van der Waals surface area contributed by atoms with E-state index >= 15 is 0 Å². The van der Waals surface area contributed by atoms with Gasteiger partial charge in [0, 0.05) is 0 Å². The van der Waals surface area contributed by atoms with Crippen LogP contribution in [-0.2, 0) is 0 Å². The molecule has 0 aliphatic heterocycles. The van der Waals surface area contributed by atoms with Crippen LogP contribution in [0.2, 0.25) is 0 Å². The highest BCUT2D eigenvalue weighted by atomic mass is 14.5. The second-order valence-corrected chi connectivity index (χ2v) is 6.87. The minimum absolute atomic E-state index is 0.556. The van der Waals surface area contributed by atoms with Gasteiger partial charge in [-0.3, -0.25) is 0 Å². The summed E-state index contributed by atoms with van der Waals surface area (Å²) >= 11 is 0. The van der Waals surface area contributed by atoms with Gasteiger partial charge >= 0.3 is 0 Å². The van der Waals surface area contributed by atoms with Crippen LogP contribution in [-0.4, -0.2) is 0 Å². The molecule has 0 heterocycles. The predicted molar refractivity (Wildman–Crippen MR) is 62.3 cm³/mol. The smallest absolute Gasteiger partial charge is 0.0295 e. The van der Waals surface area contributed by atoms with Crippen LogP contribution in [0.15, 0.2) is 0 Å². The van der Waals surface area contributed by atoms with Crippen molar-refractivity contribution in [2.75, 3.05) is 0 Å². The lowest BCUT2D eigenvalue weighted by molar-refractivity contribution is 0.160. The lowest BCUT2D eigenvalue weighted by Crippen LogP contribution is -2.23. The molecule has 82 valence electrons. The molecule has 14 heavy (non-hydrogen) atoms. The first-order valence-electron chi connectivity index (χ1n) is 6.52. The van der Waals surface area contributed by atoms with E-state index in [-0.39, 0.29) is 0 Å². The van der Waals surface area contributed by atoms with Gasteiger partial charge in [-0.2, -0.15) is 0 Å². The van der Waals surface area contributed by atoms with Crippen molar-refractivity contribution in [2.24, 2.45) is 16.7 Å². The van der Waals surface area contributed by atoms with Crippen LogP contribution in [0.4, 0.5) is 0 Å². The predicted octanol–water partition coefficient (Wildman–Crippen LogP) is 4.78. The average molecular weight is 194 g/mol. The normalized spacial score (nSPS) is 32.4. The molecule has 0 amide bonds. The summed E-state index contributed by atoms with van der Waals surface area (Å²) in [5, 5.41) is 0. The first-order valence-corrected chi connectivity index (χ1v) is 6.52. The lowest BCUT2D eigenvalue weighted by Gasteiger charge is -2.35. The molecule has 0 nitrogen and oxygen atoms in total. The standard InChI is InChI=1S/C14H26/c1-13(2,3)12-7-10-14(11-12)8-5-4-6-9-14/h12H,4-11H2,1-3H3. The van der Waals surface area contributed by atoms with Crippen molar-refractivity contribution in [1.29, 1.82) is 0 Å². The molecule has 0 aromatic heterocycles. The zero-order chi connectivity index (χ0) is 10.2. The molecule has 0 saturated heterocycles. The van der Waals surface area contributed by atoms with Crippen molar-refractivity contribution in [2.45, 2.75) is 72.1 Å². The fourth-order valence-corrected chi connectivity index (χ4v) is 3.70. The molecular formula is C14H26. The maximum atomic E-state index is 2.43. The maximum absolute atomic E-state index is 2.43. The zero-order valence-corrected chi connectivity index (χ0v) is 10.2. The molecule has 2 aliphatic rings. The number of rotatable bonds is 0. The SMILES string of the molecule is CC(C)(C)C1CCC2(CCCCC2)C1. The summed E-state index contributed by atoms with van der Waals surface area (Å²) in [4.78, 5) is 0. The fourth-order valence-electron chi connectivity index (χ4n) is 3.70. The molecule has 0 N–H and O–H groups in total. The molecule has 0 aromatic carbocycles. The summed E-state index contributed by atoms with van der Waals surface area (Å²) in [5.74, 6) is 1.00. The molecule has 2 fully saturated rings. The number of hydrogen-bond donors (Lipinski definition) is 0. The summed E-state index contributed by atoms with van der Waals surface area (Å²) in [6.07, 6.45) is 12.2. The van der Waals surface area contributed by atoms with Crippen molar-refractivity contribution in [3.05, 3.63) is 0 Å². The number of hydrogen-bond acceptors (Lipinski definition) is 0. The monoisotopic (exact) mass is 194 g/mol. The van der Waals surface area contributed by atoms with Gasteiger partial charge in [-0.25, -0.2) is 0 Å². The molecule has 0 heteroatoms. The summed E-state index contributed by atoms with van der Waals surface area (Å²) in [7, 11) is 0. The fraction of sp³-hybridized carbons (Fsp3) is 1.00. The van der Waals surface area contributed by atoms with Crippen molar-refractivity contribution in [3.63, 3.8) is 0 Å². The quantitative estimate of drug-likeness (QED) is 0.520. The molecular weight excluding hydrogens is 168 g/mol. The summed E-state index contributed by atoms with van der Waals surface area (Å²) in [6.45, 7) is 7.29. The maximum Gasteiger partial charge on any atom is -0.0295 e. The van der Waals surface area contributed by atoms with E-state index in [0.717, 1.165) is 11.3 Å². The molecule has 2 rings (SSSR count). The van der Waals surface area contributed by atoms with E-state index < -0.39 is 0 Å². The van der Waals surface area contributed by atoms with Crippen LogP contribution in [0.1, 0.15) is 72.1 Å². The third-order valence-corrected chi connectivity index (χ3v) is 4.84. The van der Waals surface area contributed by atoms with E-state index in [1.54, 1.807) is 12.8 Å². The Morgan fingerprint density at radius 3 is 2.07 bits per heavy atom. The van der Waals surface area contributed by atoms with Gasteiger partial charge in [-0.1, -0.05) is 40.0 Å². The van der Waals surface area contributed by atoms with Crippen LogP contribution < -0.4 is 0 Å². The van der Waals surface area contributed by atoms with Crippen LogP contribution in [0.25, 0.3) is 0 Å². The van der Waals surface area contributed by atoms with Gasteiger partial charge in [0.1, 0.15) is 0 Å². The van der Waals surface area contributed by atoms with Crippen LogP contribution in [0, 0.1) is 16.7 Å². The van der Waals surface area contributed by atoms with Crippen molar-refractivity contribution in [3.8, 4) is 0 Å². The summed E-state index contributed by atoms with van der Waals surface area (Å²) in [6, 6.07) is 0. The van der Waals surface area contributed by atoms with E-state index in [9.17, 15) is 0 Å². The van der Waals surface area contributed by atoms with Gasteiger partial charge < -0.3 is 0 Å². The molecule has 1 unspecified atom stereocenters. The van der Waals surface area contributed by atoms with E-state index in [1.807, 2.05) is 0 Å². The van der Waals surface area contributed by atoms with Gasteiger partial charge in [0.2, 0.25) is 0 Å². The highest BCUT2D eigenvalue weighted by Gasteiger charge is 2.43. The third kappa shape index (κ3) is 1.99. The van der Waals surface area contributed by atoms with Crippen LogP contribution in [0.5, 0.6) is 0 Å². The minimum atomic E-state index is 0.556. The Morgan fingerprint density at radius 2 is 1.57 bits per heavy atom. The largest absolute Gasteiger partial charge is 0.0599 e. The van der Waals surface area contributed by atoms with Gasteiger partial charge in [-0.15, -0.1) is 0 Å².